The minimum Gasteiger partial charge on any atom is -0.478 e. The van der Waals surface area contributed by atoms with Crippen molar-refractivity contribution >= 4 is 34.1 Å². The molecule has 1 fully saturated rings. The van der Waals surface area contributed by atoms with E-state index in [0.717, 1.165) is 28.4 Å². The van der Waals surface area contributed by atoms with E-state index in [0.29, 0.717) is 12.2 Å². The fourth-order valence-corrected chi connectivity index (χ4v) is 5.09. The highest BCUT2D eigenvalue weighted by Gasteiger charge is 2.65. The van der Waals surface area contributed by atoms with Gasteiger partial charge in [-0.25, -0.2) is 4.99 Å². The average molecular weight is 429 g/mol. The van der Waals surface area contributed by atoms with Crippen molar-refractivity contribution in [1.82, 2.24) is 0 Å². The minimum absolute atomic E-state index is 0.0339. The van der Waals surface area contributed by atoms with Gasteiger partial charge < -0.3 is 4.74 Å². The fraction of sp³-hybridized carbons (Fsp3) is 0.231. The van der Waals surface area contributed by atoms with Gasteiger partial charge in [0.15, 0.2) is 0 Å². The Balaban J connectivity index is 1.69. The van der Waals surface area contributed by atoms with Crippen LogP contribution in [0.1, 0.15) is 24.5 Å². The molecular weight excluding hydrogens is 404 g/mol. The number of carbonyl (C=O) groups excluding carboxylic acids is 1. The summed E-state index contributed by atoms with van der Waals surface area (Å²) in [5, 5.41) is 0.990. The lowest BCUT2D eigenvalue weighted by molar-refractivity contribution is -0.141. The number of para-hydroxylation sites is 3. The summed E-state index contributed by atoms with van der Waals surface area (Å²) in [6.45, 7) is 2.15. The van der Waals surface area contributed by atoms with Crippen LogP contribution in [0, 0.1) is 0 Å². The largest absolute Gasteiger partial charge is 0.478 e. The number of rotatable bonds is 4. The highest BCUT2D eigenvalue weighted by Crippen LogP contribution is 2.53. The van der Waals surface area contributed by atoms with Crippen LogP contribution >= 0.6 is 11.8 Å². The molecule has 2 aliphatic heterocycles. The summed E-state index contributed by atoms with van der Waals surface area (Å²) >= 11 is 1.63. The number of amides is 1. The topological polar surface area (TPSA) is 41.9 Å². The van der Waals surface area contributed by atoms with Crippen molar-refractivity contribution in [2.75, 3.05) is 11.2 Å². The molecule has 0 saturated carbocycles. The zero-order valence-electron chi connectivity index (χ0n) is 17.6. The summed E-state index contributed by atoms with van der Waals surface area (Å²) < 4.78 is 6.35. The molecule has 4 nitrogen and oxygen atoms in total. The van der Waals surface area contributed by atoms with Crippen LogP contribution in [-0.4, -0.2) is 23.3 Å². The second-order valence-corrected chi connectivity index (χ2v) is 8.71. The average Bonchev–Trinajstić information content (AvgIpc) is 2.96. The van der Waals surface area contributed by atoms with Gasteiger partial charge in [-0.3, -0.25) is 9.69 Å². The molecule has 2 aliphatic rings. The van der Waals surface area contributed by atoms with Gasteiger partial charge in [-0.15, -0.1) is 11.8 Å². The molecule has 3 aromatic carbocycles. The molecule has 2 atom stereocenters. The van der Waals surface area contributed by atoms with Crippen molar-refractivity contribution in [1.29, 1.82) is 0 Å². The molecule has 2 heterocycles. The van der Waals surface area contributed by atoms with E-state index >= 15 is 0 Å². The van der Waals surface area contributed by atoms with Crippen molar-refractivity contribution < 1.29 is 9.53 Å². The molecule has 156 valence electrons. The van der Waals surface area contributed by atoms with Crippen LogP contribution in [0.25, 0.3) is 0 Å². The number of nitrogens with zero attached hydrogens (tertiary/aromatic N) is 2. The molecule has 5 heteroatoms. The lowest BCUT2D eigenvalue weighted by Crippen LogP contribution is -2.74. The van der Waals surface area contributed by atoms with Crippen LogP contribution in [-0.2, 0) is 16.8 Å². The Bertz CT molecular complexity index is 1140. The smallest absolute Gasteiger partial charge is 0.271 e. The Morgan fingerprint density at radius 2 is 1.74 bits per heavy atom. The van der Waals surface area contributed by atoms with E-state index in [1.54, 1.807) is 11.8 Å². The number of thioether (sulfide) groups is 1. The Hall–Kier alpha value is -3.05. The summed E-state index contributed by atoms with van der Waals surface area (Å²) in [5.41, 5.74) is 3.36. The second kappa shape index (κ2) is 7.89. The Morgan fingerprint density at radius 3 is 2.45 bits per heavy atom. The van der Waals surface area contributed by atoms with Crippen LogP contribution < -0.4 is 9.64 Å². The van der Waals surface area contributed by atoms with Gasteiger partial charge in [0.05, 0.1) is 16.4 Å². The van der Waals surface area contributed by atoms with E-state index < -0.39 is 11.6 Å². The zero-order chi connectivity index (χ0) is 21.4. The molecule has 0 radical (unpaired) electrons. The maximum atomic E-state index is 13.6. The van der Waals surface area contributed by atoms with Crippen molar-refractivity contribution in [2.24, 2.45) is 4.99 Å². The van der Waals surface area contributed by atoms with Crippen LogP contribution in [0.4, 0.5) is 11.4 Å². The van der Waals surface area contributed by atoms with Crippen molar-refractivity contribution in [3.05, 3.63) is 90.0 Å². The molecule has 0 bridgehead atoms. The van der Waals surface area contributed by atoms with E-state index in [4.69, 9.17) is 9.73 Å². The number of benzene rings is 3. The molecule has 2 unspecified atom stereocenters. The SMILES string of the molecule is CCc1ccc(C23CC(SC)=Nc4ccccc4N2C(=O)C3Oc2ccccc2)cc1. The summed E-state index contributed by atoms with van der Waals surface area (Å²) in [5.74, 6) is 0.665. The normalized spacial score (nSPS) is 22.0. The first-order chi connectivity index (χ1) is 15.2. The van der Waals surface area contributed by atoms with Crippen LogP contribution in [0.2, 0.25) is 0 Å². The van der Waals surface area contributed by atoms with Crippen LogP contribution in [0.3, 0.4) is 0 Å². The third-order valence-electron chi connectivity index (χ3n) is 6.16. The number of anilines is 1. The number of hydrogen-bond donors (Lipinski definition) is 0. The Labute approximate surface area is 187 Å². The summed E-state index contributed by atoms with van der Waals surface area (Å²) in [4.78, 5) is 20.4. The lowest BCUT2D eigenvalue weighted by Gasteiger charge is -2.56. The molecule has 1 amide bonds. The number of aryl methyl sites for hydroxylation is 1. The van der Waals surface area contributed by atoms with Crippen molar-refractivity contribution in [3.8, 4) is 5.75 Å². The number of hydrogen-bond acceptors (Lipinski definition) is 4. The highest BCUT2D eigenvalue weighted by atomic mass is 32.2. The van der Waals surface area contributed by atoms with E-state index in [-0.39, 0.29) is 5.91 Å². The quantitative estimate of drug-likeness (QED) is 0.498. The van der Waals surface area contributed by atoms with E-state index in [9.17, 15) is 4.79 Å². The Morgan fingerprint density at radius 1 is 1.03 bits per heavy atom. The van der Waals surface area contributed by atoms with Gasteiger partial charge in [0.1, 0.15) is 11.3 Å². The number of ether oxygens (including phenoxy) is 1. The number of aliphatic imine (C=N–C) groups is 1. The number of β-lactam (4-membered cyclic amide) rings is 1. The van der Waals surface area contributed by atoms with E-state index in [2.05, 4.69) is 31.2 Å². The van der Waals surface area contributed by atoms with Gasteiger partial charge in [-0.1, -0.05) is 61.5 Å². The Kier molecular flexibility index (Phi) is 5.06. The van der Waals surface area contributed by atoms with Crippen molar-refractivity contribution in [2.45, 2.75) is 31.4 Å². The maximum Gasteiger partial charge on any atom is 0.271 e. The fourth-order valence-electron chi connectivity index (χ4n) is 4.54. The van der Waals surface area contributed by atoms with Crippen LogP contribution in [0.5, 0.6) is 5.75 Å². The molecule has 3 aromatic rings. The van der Waals surface area contributed by atoms with Gasteiger partial charge in [0, 0.05) is 6.42 Å². The van der Waals surface area contributed by atoms with E-state index in [1.807, 2.05) is 65.8 Å². The predicted molar refractivity (Wildman–Crippen MR) is 128 cm³/mol. The molecular formula is C26H24N2O2S. The first-order valence-corrected chi connectivity index (χ1v) is 11.8. The summed E-state index contributed by atoms with van der Waals surface area (Å²) in [6.07, 6.45) is 3.00. The molecule has 0 aromatic heterocycles. The summed E-state index contributed by atoms with van der Waals surface area (Å²) in [7, 11) is 0. The molecule has 0 N–H and O–H groups in total. The van der Waals surface area contributed by atoms with E-state index in [1.165, 1.54) is 5.56 Å². The molecule has 0 aliphatic carbocycles. The van der Waals surface area contributed by atoms with Gasteiger partial charge in [-0.05, 0) is 48.1 Å². The first kappa shape index (κ1) is 19.9. The maximum absolute atomic E-state index is 13.6. The number of carbonyl (C=O) groups is 1. The second-order valence-electron chi connectivity index (χ2n) is 7.83. The third kappa shape index (κ3) is 3.15. The van der Waals surface area contributed by atoms with Gasteiger partial charge in [0.25, 0.3) is 5.91 Å². The van der Waals surface area contributed by atoms with Crippen molar-refractivity contribution in [3.63, 3.8) is 0 Å². The minimum atomic E-state index is -0.645. The number of fused-ring (bicyclic) bond motifs is 3. The molecule has 0 spiro atoms. The standard InChI is InChI=1S/C26H24N2O2S/c1-3-18-13-15-19(16-14-18)26-17-23(31-2)27-21-11-7-8-12-22(21)28(26)25(29)24(26)30-20-9-5-4-6-10-20/h4-16,24H,3,17H2,1-2H3. The monoisotopic (exact) mass is 428 g/mol. The zero-order valence-corrected chi connectivity index (χ0v) is 18.4. The first-order valence-electron chi connectivity index (χ1n) is 10.5. The van der Waals surface area contributed by atoms with Gasteiger partial charge >= 0.3 is 0 Å². The van der Waals surface area contributed by atoms with Gasteiger partial charge in [0.2, 0.25) is 6.10 Å². The molecule has 1 saturated heterocycles. The molecule has 5 rings (SSSR count). The van der Waals surface area contributed by atoms with Gasteiger partial charge in [-0.2, -0.15) is 0 Å². The van der Waals surface area contributed by atoms with Crippen LogP contribution in [0.15, 0.2) is 83.9 Å². The third-order valence-corrected chi connectivity index (χ3v) is 6.87. The molecule has 31 heavy (non-hydrogen) atoms. The summed E-state index contributed by atoms with van der Waals surface area (Å²) in [6, 6.07) is 26.1. The lowest BCUT2D eigenvalue weighted by atomic mass is 9.72. The highest BCUT2D eigenvalue weighted by molar-refractivity contribution is 8.13. The predicted octanol–water partition coefficient (Wildman–Crippen LogP) is 5.74.